The third-order valence-corrected chi connectivity index (χ3v) is 8.20. The van der Waals surface area contributed by atoms with Crippen molar-refractivity contribution in [2.24, 2.45) is 5.41 Å². The SMILES string of the molecule is C=C(C)C1=CN2C(=CC1=C)c1cc(CC)c(CCc3ccccc3)cc1C1CCC(C)(C)C12. The summed E-state index contributed by atoms with van der Waals surface area (Å²) in [5, 5.41) is 0. The molecule has 2 atom stereocenters. The summed E-state index contributed by atoms with van der Waals surface area (Å²) in [6.45, 7) is 17.9. The Labute approximate surface area is 200 Å². The largest absolute Gasteiger partial charge is 0.343 e. The molecule has 0 saturated heterocycles. The fraction of sp³-hybridized carbons (Fsp3) is 0.375. The molecule has 2 aliphatic heterocycles. The summed E-state index contributed by atoms with van der Waals surface area (Å²) in [5.74, 6) is 0.572. The standard InChI is InChI=1S/C32H37N/c1-7-24-18-28-27(19-25(24)14-13-23-11-9-8-10-12-23)26-15-16-32(5,6)31(26)33-20-29(21(2)3)22(4)17-30(28)33/h8-12,17-20,26,31H,2,4,7,13-16H2,1,3,5-6H3. The van der Waals surface area contributed by atoms with Gasteiger partial charge in [0.15, 0.2) is 0 Å². The molecular formula is C32H37N. The highest BCUT2D eigenvalue weighted by atomic mass is 15.2. The highest BCUT2D eigenvalue weighted by Crippen LogP contribution is 2.56. The lowest BCUT2D eigenvalue weighted by Crippen LogP contribution is -2.45. The van der Waals surface area contributed by atoms with Crippen molar-refractivity contribution in [3.8, 4) is 0 Å². The predicted octanol–water partition coefficient (Wildman–Crippen LogP) is 7.99. The summed E-state index contributed by atoms with van der Waals surface area (Å²) in [6, 6.07) is 16.5. The maximum atomic E-state index is 4.39. The van der Waals surface area contributed by atoms with E-state index < -0.39 is 0 Å². The van der Waals surface area contributed by atoms with Crippen molar-refractivity contribution < 1.29 is 0 Å². The normalized spacial score (nSPS) is 22.8. The maximum absolute atomic E-state index is 4.39. The zero-order valence-corrected chi connectivity index (χ0v) is 20.7. The molecule has 0 N–H and O–H groups in total. The van der Waals surface area contributed by atoms with Crippen LogP contribution in [0.5, 0.6) is 0 Å². The summed E-state index contributed by atoms with van der Waals surface area (Å²) in [6.07, 6.45) is 10.5. The van der Waals surface area contributed by atoms with E-state index in [1.165, 1.54) is 46.4 Å². The van der Waals surface area contributed by atoms with Gasteiger partial charge in [0.2, 0.25) is 0 Å². The van der Waals surface area contributed by atoms with Crippen molar-refractivity contribution in [1.82, 2.24) is 4.90 Å². The second kappa shape index (κ2) is 8.20. The topological polar surface area (TPSA) is 3.24 Å². The Morgan fingerprint density at radius 1 is 1.09 bits per heavy atom. The van der Waals surface area contributed by atoms with Crippen LogP contribution in [0.1, 0.15) is 74.3 Å². The van der Waals surface area contributed by atoms with E-state index in [1.54, 1.807) is 5.56 Å². The first-order valence-electron chi connectivity index (χ1n) is 12.6. The lowest BCUT2D eigenvalue weighted by atomic mass is 9.74. The minimum absolute atomic E-state index is 0.268. The molecule has 1 heteroatoms. The molecule has 170 valence electrons. The molecule has 2 aromatic rings. The van der Waals surface area contributed by atoms with Gasteiger partial charge in [0.1, 0.15) is 0 Å². The summed E-state index contributed by atoms with van der Waals surface area (Å²) < 4.78 is 0. The van der Waals surface area contributed by atoms with Crippen molar-refractivity contribution in [2.75, 3.05) is 0 Å². The van der Waals surface area contributed by atoms with Gasteiger partial charge in [-0.3, -0.25) is 0 Å². The van der Waals surface area contributed by atoms with Crippen LogP contribution in [0.15, 0.2) is 84.6 Å². The van der Waals surface area contributed by atoms with Crippen LogP contribution in [0.3, 0.4) is 0 Å². The summed E-state index contributed by atoms with van der Waals surface area (Å²) in [5.41, 5.74) is 12.4. The minimum atomic E-state index is 0.268. The molecule has 5 rings (SSSR count). The fourth-order valence-corrected chi connectivity index (χ4v) is 6.44. The number of hydrogen-bond acceptors (Lipinski definition) is 1. The third kappa shape index (κ3) is 3.72. The van der Waals surface area contributed by atoms with Crippen LogP contribution in [-0.4, -0.2) is 10.9 Å². The van der Waals surface area contributed by atoms with E-state index >= 15 is 0 Å². The smallest absolute Gasteiger partial charge is 0.0491 e. The van der Waals surface area contributed by atoms with Crippen molar-refractivity contribution in [1.29, 1.82) is 0 Å². The Kier molecular flexibility index (Phi) is 5.47. The minimum Gasteiger partial charge on any atom is -0.343 e. The van der Waals surface area contributed by atoms with E-state index in [2.05, 4.69) is 100 Å². The zero-order valence-electron chi connectivity index (χ0n) is 20.7. The lowest BCUT2D eigenvalue weighted by molar-refractivity contribution is 0.195. The van der Waals surface area contributed by atoms with Crippen molar-refractivity contribution in [2.45, 2.75) is 71.8 Å². The Morgan fingerprint density at radius 2 is 1.85 bits per heavy atom. The molecule has 1 nitrogen and oxygen atoms in total. The second-order valence-corrected chi connectivity index (χ2v) is 10.9. The van der Waals surface area contributed by atoms with Gasteiger partial charge >= 0.3 is 0 Å². The van der Waals surface area contributed by atoms with E-state index in [-0.39, 0.29) is 5.41 Å². The zero-order chi connectivity index (χ0) is 23.3. The summed E-state index contributed by atoms with van der Waals surface area (Å²) in [7, 11) is 0. The average Bonchev–Trinajstić information content (AvgIpc) is 3.12. The van der Waals surface area contributed by atoms with Gasteiger partial charge in [-0.1, -0.05) is 70.3 Å². The molecule has 2 aromatic carbocycles. The first kappa shape index (κ1) is 22.0. The first-order valence-corrected chi connectivity index (χ1v) is 12.6. The summed E-state index contributed by atoms with van der Waals surface area (Å²) in [4.78, 5) is 2.59. The Bertz CT molecular complexity index is 1170. The van der Waals surface area contributed by atoms with Gasteiger partial charge in [-0.2, -0.15) is 0 Å². The van der Waals surface area contributed by atoms with Gasteiger partial charge in [-0.25, -0.2) is 0 Å². The van der Waals surface area contributed by atoms with Gasteiger partial charge < -0.3 is 4.90 Å². The molecule has 0 aromatic heterocycles. The number of benzene rings is 2. The lowest BCUT2D eigenvalue weighted by Gasteiger charge is -2.48. The Hall–Kier alpha value is -2.80. The molecule has 0 bridgehead atoms. The van der Waals surface area contributed by atoms with Crippen LogP contribution in [-0.2, 0) is 19.3 Å². The van der Waals surface area contributed by atoms with Crippen LogP contribution >= 0.6 is 0 Å². The fourth-order valence-electron chi connectivity index (χ4n) is 6.44. The molecule has 2 heterocycles. The molecule has 0 radical (unpaired) electrons. The van der Waals surface area contributed by atoms with Crippen LogP contribution in [0.25, 0.3) is 5.70 Å². The van der Waals surface area contributed by atoms with Crippen LogP contribution < -0.4 is 0 Å². The molecule has 0 amide bonds. The number of hydrogen-bond donors (Lipinski definition) is 0. The van der Waals surface area contributed by atoms with Gasteiger partial charge in [0.25, 0.3) is 0 Å². The number of nitrogens with zero attached hydrogens (tertiary/aromatic N) is 1. The molecule has 1 fully saturated rings. The number of fused-ring (bicyclic) bond motifs is 6. The van der Waals surface area contributed by atoms with Crippen molar-refractivity contribution in [3.05, 3.63) is 112 Å². The van der Waals surface area contributed by atoms with Crippen LogP contribution in [0, 0.1) is 5.41 Å². The van der Waals surface area contributed by atoms with E-state index in [0.29, 0.717) is 12.0 Å². The van der Waals surface area contributed by atoms with Gasteiger partial charge in [-0.05, 0) is 95.6 Å². The molecule has 2 unspecified atom stereocenters. The Balaban J connectivity index is 1.61. The highest BCUT2D eigenvalue weighted by molar-refractivity contribution is 5.78. The van der Waals surface area contributed by atoms with Crippen molar-refractivity contribution in [3.63, 3.8) is 0 Å². The number of allylic oxidation sites excluding steroid dienone is 4. The van der Waals surface area contributed by atoms with E-state index in [0.717, 1.165) is 30.4 Å². The number of aryl methyl sites for hydroxylation is 3. The monoisotopic (exact) mass is 435 g/mol. The second-order valence-electron chi connectivity index (χ2n) is 10.9. The van der Waals surface area contributed by atoms with Gasteiger partial charge in [0.05, 0.1) is 0 Å². The van der Waals surface area contributed by atoms with Gasteiger partial charge in [0, 0.05) is 29.4 Å². The molecule has 1 aliphatic carbocycles. The number of rotatable bonds is 5. The molecule has 33 heavy (non-hydrogen) atoms. The first-order chi connectivity index (χ1) is 15.8. The van der Waals surface area contributed by atoms with Crippen LogP contribution in [0.2, 0.25) is 0 Å². The summed E-state index contributed by atoms with van der Waals surface area (Å²) >= 11 is 0. The van der Waals surface area contributed by atoms with Crippen molar-refractivity contribution >= 4 is 5.70 Å². The predicted molar refractivity (Wildman–Crippen MR) is 141 cm³/mol. The van der Waals surface area contributed by atoms with Crippen LogP contribution in [0.4, 0.5) is 0 Å². The average molecular weight is 436 g/mol. The molecule has 3 aliphatic rings. The molecular weight excluding hydrogens is 398 g/mol. The Morgan fingerprint density at radius 3 is 2.55 bits per heavy atom. The highest BCUT2D eigenvalue weighted by Gasteiger charge is 2.50. The molecule has 1 saturated carbocycles. The third-order valence-electron chi connectivity index (χ3n) is 8.20. The van der Waals surface area contributed by atoms with E-state index in [4.69, 9.17) is 0 Å². The quantitative estimate of drug-likeness (QED) is 0.460. The van der Waals surface area contributed by atoms with Gasteiger partial charge in [-0.15, -0.1) is 0 Å². The molecule has 0 spiro atoms. The van der Waals surface area contributed by atoms with E-state index in [9.17, 15) is 0 Å². The maximum Gasteiger partial charge on any atom is 0.0491 e. The van der Waals surface area contributed by atoms with E-state index in [1.807, 2.05) is 0 Å².